The Labute approximate surface area is 129 Å². The van der Waals surface area contributed by atoms with Crippen molar-refractivity contribution in [1.82, 2.24) is 0 Å². The number of hydrogen-bond acceptors (Lipinski definition) is 1. The molecule has 0 unspecified atom stereocenters. The van der Waals surface area contributed by atoms with Crippen molar-refractivity contribution in [2.75, 3.05) is 0 Å². The molecule has 0 saturated heterocycles. The molecule has 1 saturated carbocycles. The molecule has 0 radical (unpaired) electrons. The van der Waals surface area contributed by atoms with Gasteiger partial charge in [-0.25, -0.2) is 0 Å². The second-order valence-corrected chi connectivity index (χ2v) is 6.27. The Balaban J connectivity index is 1.76. The standard InChI is InChI=1S/C20H27N/c1-2-3-4-5-6-7-17-8-12-19(13-9-17)20-14-10-18(16-21)11-15-20/h6-7,10-11,14-15,17,19H,2-5,8-9,12-13H2,1H3/b7-6+. The highest BCUT2D eigenvalue weighted by Crippen LogP contribution is 2.36. The molecule has 0 atom stereocenters. The maximum absolute atomic E-state index is 8.85. The quantitative estimate of drug-likeness (QED) is 0.465. The van der Waals surface area contributed by atoms with Crippen LogP contribution in [0.25, 0.3) is 0 Å². The van der Waals surface area contributed by atoms with Gasteiger partial charge in [0.15, 0.2) is 0 Å². The number of nitrogens with zero attached hydrogens (tertiary/aromatic N) is 1. The average Bonchev–Trinajstić information content (AvgIpc) is 2.55. The van der Waals surface area contributed by atoms with Gasteiger partial charge in [0.2, 0.25) is 0 Å². The number of hydrogen-bond donors (Lipinski definition) is 0. The normalized spacial score (nSPS) is 22.3. The van der Waals surface area contributed by atoms with E-state index in [1.807, 2.05) is 12.1 Å². The molecule has 1 heteroatoms. The predicted octanol–water partition coefficient (Wildman–Crippen LogP) is 5.97. The summed E-state index contributed by atoms with van der Waals surface area (Å²) in [6, 6.07) is 10.4. The van der Waals surface area contributed by atoms with E-state index in [0.717, 1.165) is 11.5 Å². The van der Waals surface area contributed by atoms with Crippen LogP contribution in [0.4, 0.5) is 0 Å². The Morgan fingerprint density at radius 3 is 2.43 bits per heavy atom. The van der Waals surface area contributed by atoms with Crippen molar-refractivity contribution >= 4 is 0 Å². The molecule has 0 spiro atoms. The lowest BCUT2D eigenvalue weighted by molar-refractivity contribution is 0.375. The van der Waals surface area contributed by atoms with Crippen LogP contribution in [-0.4, -0.2) is 0 Å². The maximum Gasteiger partial charge on any atom is 0.0991 e. The van der Waals surface area contributed by atoms with Crippen LogP contribution in [0.1, 0.15) is 75.3 Å². The first kappa shape index (κ1) is 15.8. The van der Waals surface area contributed by atoms with E-state index in [9.17, 15) is 0 Å². The number of allylic oxidation sites excluding steroid dienone is 2. The number of nitriles is 1. The van der Waals surface area contributed by atoms with E-state index in [4.69, 9.17) is 5.26 Å². The number of benzene rings is 1. The van der Waals surface area contributed by atoms with Gasteiger partial charge in [0, 0.05) is 0 Å². The zero-order chi connectivity index (χ0) is 14.9. The van der Waals surface area contributed by atoms with E-state index >= 15 is 0 Å². The molecular weight excluding hydrogens is 254 g/mol. The van der Waals surface area contributed by atoms with Crippen molar-refractivity contribution in [2.45, 2.75) is 64.2 Å². The molecular formula is C20H27N. The van der Waals surface area contributed by atoms with Gasteiger partial charge < -0.3 is 0 Å². The Bertz CT molecular complexity index is 470. The van der Waals surface area contributed by atoms with E-state index < -0.39 is 0 Å². The molecule has 0 aromatic heterocycles. The van der Waals surface area contributed by atoms with Crippen molar-refractivity contribution in [3.8, 4) is 6.07 Å². The van der Waals surface area contributed by atoms with Crippen molar-refractivity contribution in [3.63, 3.8) is 0 Å². The lowest BCUT2D eigenvalue weighted by Crippen LogP contribution is -2.11. The third-order valence-electron chi connectivity index (χ3n) is 4.67. The van der Waals surface area contributed by atoms with Crippen LogP contribution in [0.15, 0.2) is 36.4 Å². The summed E-state index contributed by atoms with van der Waals surface area (Å²) in [5, 5.41) is 8.85. The zero-order valence-electron chi connectivity index (χ0n) is 13.2. The van der Waals surface area contributed by atoms with Crippen LogP contribution in [0.3, 0.4) is 0 Å². The van der Waals surface area contributed by atoms with Crippen LogP contribution in [-0.2, 0) is 0 Å². The van der Waals surface area contributed by atoms with Crippen molar-refractivity contribution < 1.29 is 0 Å². The van der Waals surface area contributed by atoms with Crippen LogP contribution in [0, 0.1) is 17.2 Å². The van der Waals surface area contributed by atoms with E-state index in [2.05, 4.69) is 37.3 Å². The summed E-state index contributed by atoms with van der Waals surface area (Å²) in [5.74, 6) is 1.49. The molecule has 0 amide bonds. The molecule has 0 bridgehead atoms. The lowest BCUT2D eigenvalue weighted by atomic mass is 9.78. The van der Waals surface area contributed by atoms with Gasteiger partial charge in [-0.05, 0) is 68.1 Å². The highest BCUT2D eigenvalue weighted by atomic mass is 14.3. The van der Waals surface area contributed by atoms with Gasteiger partial charge in [-0.1, -0.05) is 44.1 Å². The largest absolute Gasteiger partial charge is 0.192 e. The van der Waals surface area contributed by atoms with Gasteiger partial charge in [0.1, 0.15) is 0 Å². The molecule has 1 aliphatic carbocycles. The minimum Gasteiger partial charge on any atom is -0.192 e. The van der Waals surface area contributed by atoms with E-state index in [1.54, 1.807) is 0 Å². The Morgan fingerprint density at radius 1 is 1.10 bits per heavy atom. The summed E-state index contributed by atoms with van der Waals surface area (Å²) < 4.78 is 0. The average molecular weight is 281 g/mol. The minimum atomic E-state index is 0.697. The van der Waals surface area contributed by atoms with Crippen molar-refractivity contribution in [2.24, 2.45) is 5.92 Å². The highest BCUT2D eigenvalue weighted by Gasteiger charge is 2.20. The second-order valence-electron chi connectivity index (χ2n) is 6.27. The summed E-state index contributed by atoms with van der Waals surface area (Å²) in [7, 11) is 0. The van der Waals surface area contributed by atoms with Crippen LogP contribution in [0.5, 0.6) is 0 Å². The summed E-state index contributed by atoms with van der Waals surface area (Å²) in [5.41, 5.74) is 2.18. The third-order valence-corrected chi connectivity index (χ3v) is 4.67. The molecule has 1 fully saturated rings. The van der Waals surface area contributed by atoms with E-state index in [1.165, 1.54) is 56.9 Å². The number of unbranched alkanes of at least 4 members (excludes halogenated alkanes) is 3. The van der Waals surface area contributed by atoms with Gasteiger partial charge in [0.05, 0.1) is 11.6 Å². The molecule has 1 aromatic rings. The van der Waals surface area contributed by atoms with Gasteiger partial charge in [-0.3, -0.25) is 0 Å². The number of rotatable bonds is 6. The smallest absolute Gasteiger partial charge is 0.0991 e. The fourth-order valence-electron chi connectivity index (χ4n) is 3.28. The third kappa shape index (κ3) is 5.05. The van der Waals surface area contributed by atoms with E-state index in [-0.39, 0.29) is 0 Å². The lowest BCUT2D eigenvalue weighted by Gasteiger charge is -2.27. The Kier molecular flexibility index (Phi) is 6.54. The fraction of sp³-hybridized carbons (Fsp3) is 0.550. The molecule has 2 rings (SSSR count). The summed E-state index contributed by atoms with van der Waals surface area (Å²) in [4.78, 5) is 0. The van der Waals surface area contributed by atoms with Gasteiger partial charge in [0.25, 0.3) is 0 Å². The summed E-state index contributed by atoms with van der Waals surface area (Å²) in [6.45, 7) is 2.26. The van der Waals surface area contributed by atoms with Crippen molar-refractivity contribution in [3.05, 3.63) is 47.5 Å². The Hall–Kier alpha value is -1.55. The molecule has 1 aliphatic rings. The fourth-order valence-corrected chi connectivity index (χ4v) is 3.28. The van der Waals surface area contributed by atoms with Gasteiger partial charge in [-0.2, -0.15) is 5.26 Å². The van der Waals surface area contributed by atoms with Gasteiger partial charge >= 0.3 is 0 Å². The molecule has 0 N–H and O–H groups in total. The summed E-state index contributed by atoms with van der Waals surface area (Å²) in [6.07, 6.45) is 15.3. The molecule has 1 aromatic carbocycles. The molecule has 1 nitrogen and oxygen atoms in total. The highest BCUT2D eigenvalue weighted by molar-refractivity contribution is 5.33. The van der Waals surface area contributed by atoms with Crippen LogP contribution >= 0.6 is 0 Å². The van der Waals surface area contributed by atoms with Gasteiger partial charge in [-0.15, -0.1) is 0 Å². The van der Waals surface area contributed by atoms with Crippen LogP contribution in [0.2, 0.25) is 0 Å². The topological polar surface area (TPSA) is 23.8 Å². The first-order valence-electron chi connectivity index (χ1n) is 8.50. The second kappa shape index (κ2) is 8.67. The SMILES string of the molecule is CCCCC/C=C/C1CCC(c2ccc(C#N)cc2)CC1. The zero-order valence-corrected chi connectivity index (χ0v) is 13.2. The molecule has 0 aliphatic heterocycles. The molecule has 0 heterocycles. The predicted molar refractivity (Wildman–Crippen MR) is 89.1 cm³/mol. The van der Waals surface area contributed by atoms with Crippen molar-refractivity contribution in [1.29, 1.82) is 5.26 Å². The minimum absolute atomic E-state index is 0.697. The first-order valence-corrected chi connectivity index (χ1v) is 8.50. The molecule has 112 valence electrons. The summed E-state index contributed by atoms with van der Waals surface area (Å²) >= 11 is 0. The maximum atomic E-state index is 8.85. The molecule has 21 heavy (non-hydrogen) atoms. The monoisotopic (exact) mass is 281 g/mol. The van der Waals surface area contributed by atoms with E-state index in [0.29, 0.717) is 5.92 Å². The van der Waals surface area contributed by atoms with Crippen LogP contribution < -0.4 is 0 Å². The first-order chi connectivity index (χ1) is 10.3. The Morgan fingerprint density at radius 2 is 1.81 bits per heavy atom.